The van der Waals surface area contributed by atoms with Gasteiger partial charge in [0.1, 0.15) is 0 Å². The molecule has 0 heterocycles. The van der Waals surface area contributed by atoms with E-state index in [1.807, 2.05) is 0 Å². The van der Waals surface area contributed by atoms with Crippen molar-refractivity contribution in [3.8, 4) is 0 Å². The Labute approximate surface area is 51.5 Å². The molecule has 0 saturated heterocycles. The van der Waals surface area contributed by atoms with Crippen LogP contribution >= 0.6 is 28.3 Å². The fraction of sp³-hybridized carbons (Fsp3) is 1.00. The predicted molar refractivity (Wildman–Crippen MR) is 39.0 cm³/mol. The van der Waals surface area contributed by atoms with E-state index < -0.39 is 4.67 Å². The molecule has 1 nitrogen and oxygen atoms in total. The molecule has 0 rings (SSSR count). The summed E-state index contributed by atoms with van der Waals surface area (Å²) in [6, 6.07) is 0. The van der Waals surface area contributed by atoms with Gasteiger partial charge in [0, 0.05) is 0 Å². The summed E-state index contributed by atoms with van der Waals surface area (Å²) in [5.74, 6) is 0. The summed E-state index contributed by atoms with van der Waals surface area (Å²) in [5, 5.41) is 0. The lowest BCUT2D eigenvalue weighted by molar-refractivity contribution is 0.654. The summed E-state index contributed by atoms with van der Waals surface area (Å²) in [4.78, 5) is 8.58. The molecule has 0 aromatic heterocycles. The van der Waals surface area contributed by atoms with Crippen LogP contribution in [0, 0.1) is 0 Å². The molecule has 0 aliphatic heterocycles. The van der Waals surface area contributed by atoms with E-state index in [2.05, 4.69) is 24.1 Å². The zero-order chi connectivity index (χ0) is 5.21. The Morgan fingerprint density at radius 1 is 2.00 bits per heavy atom. The van der Waals surface area contributed by atoms with Gasteiger partial charge in [0.05, 0.1) is 0 Å². The molecule has 6 heavy (non-hydrogen) atoms. The Bertz CT molecular complexity index is 74.9. The van der Waals surface area contributed by atoms with Crippen molar-refractivity contribution in [1.82, 2.24) is 0 Å². The van der Waals surface area contributed by atoms with Crippen LogP contribution in [0.1, 0.15) is 0 Å². The van der Waals surface area contributed by atoms with E-state index in [1.54, 1.807) is 6.26 Å². The first kappa shape index (κ1) is 7.31. The Morgan fingerprint density at radius 2 is 2.17 bits per heavy atom. The van der Waals surface area contributed by atoms with E-state index in [4.69, 9.17) is 4.89 Å². The van der Waals surface area contributed by atoms with Crippen LogP contribution in [0.15, 0.2) is 0 Å². The van der Waals surface area contributed by atoms with Gasteiger partial charge in [-0.1, -0.05) is 11.4 Å². The molecule has 1 unspecified atom stereocenters. The first-order valence-electron chi connectivity index (χ1n) is 1.17. The third kappa shape index (κ3) is 5.31. The predicted octanol–water partition coefficient (Wildman–Crippen LogP) is 1.50. The highest BCUT2D eigenvalue weighted by molar-refractivity contribution is 8.94. The number of rotatable bonds is 1. The molecule has 0 aliphatic rings. The van der Waals surface area contributed by atoms with Gasteiger partial charge in [0.15, 0.2) is 4.67 Å². The third-order valence-corrected chi connectivity index (χ3v) is 4.95. The second-order valence-corrected chi connectivity index (χ2v) is 10.3. The topological polar surface area (TPSA) is 20.2 Å². The molecule has 5 heteroatoms. The molecule has 38 valence electrons. The first-order chi connectivity index (χ1) is 2.56. The van der Waals surface area contributed by atoms with Crippen molar-refractivity contribution in [2.75, 3.05) is 6.26 Å². The average Bonchev–Trinajstić information content (AvgIpc) is 1.35. The van der Waals surface area contributed by atoms with Crippen LogP contribution in [0.4, 0.5) is 0 Å². The fourth-order valence-corrected chi connectivity index (χ4v) is 0. The zero-order valence-corrected chi connectivity index (χ0v) is 6.58. The third-order valence-electron chi connectivity index (χ3n) is 0.238. The zero-order valence-electron chi connectivity index (χ0n) is 3.16. The van der Waals surface area contributed by atoms with Gasteiger partial charge in [-0.15, -0.1) is 12.2 Å². The highest BCUT2D eigenvalue weighted by Gasteiger charge is 1.97. The van der Waals surface area contributed by atoms with Crippen molar-refractivity contribution in [2.45, 2.75) is 0 Å². The minimum absolute atomic E-state index is 1.23. The lowest BCUT2D eigenvalue weighted by atomic mass is 12.0. The highest BCUT2D eigenvalue weighted by atomic mass is 33.2. The molecule has 0 fully saturated rings. The fourth-order valence-electron chi connectivity index (χ4n) is 0. The Morgan fingerprint density at radius 3 is 2.17 bits per heavy atom. The van der Waals surface area contributed by atoms with Crippen molar-refractivity contribution in [3.05, 3.63) is 0 Å². The standard InChI is InChI=1S/CH5OPS3/c1-6-3(2,4)5/h1H3,(H2,2,4,5). The second kappa shape index (κ2) is 2.58. The van der Waals surface area contributed by atoms with E-state index in [-0.39, 0.29) is 0 Å². The van der Waals surface area contributed by atoms with Gasteiger partial charge in [-0.05, 0) is 18.1 Å². The normalized spacial score (nSPS) is 19.8. The van der Waals surface area contributed by atoms with E-state index in [0.717, 1.165) is 0 Å². The first-order valence-corrected chi connectivity index (χ1v) is 6.91. The van der Waals surface area contributed by atoms with Crippen LogP contribution in [0.5, 0.6) is 0 Å². The maximum absolute atomic E-state index is 8.58. The van der Waals surface area contributed by atoms with Gasteiger partial charge in [-0.25, -0.2) is 0 Å². The lowest BCUT2D eigenvalue weighted by Crippen LogP contribution is -1.50. The molecule has 0 aliphatic carbocycles. The van der Waals surface area contributed by atoms with Crippen LogP contribution in [-0.2, 0) is 11.8 Å². The molecule has 0 aromatic carbocycles. The van der Waals surface area contributed by atoms with Crippen LogP contribution in [-0.4, -0.2) is 11.1 Å². The van der Waals surface area contributed by atoms with Gasteiger partial charge in [-0.3, -0.25) is 0 Å². The minimum Gasteiger partial charge on any atom is -0.350 e. The van der Waals surface area contributed by atoms with Gasteiger partial charge in [0.25, 0.3) is 0 Å². The van der Waals surface area contributed by atoms with E-state index in [1.165, 1.54) is 11.4 Å². The van der Waals surface area contributed by atoms with Crippen molar-refractivity contribution < 1.29 is 4.89 Å². The lowest BCUT2D eigenvalue weighted by Gasteiger charge is -1.97. The molecular formula is CH5OPS3. The molecule has 0 saturated carbocycles. The average molecular weight is 160 g/mol. The maximum atomic E-state index is 8.58. The summed E-state index contributed by atoms with van der Waals surface area (Å²) in [7, 11) is 0. The SMILES string of the molecule is CSP(O)(=S)S. The van der Waals surface area contributed by atoms with E-state index in [9.17, 15) is 0 Å². The Balaban J connectivity index is 3.48. The van der Waals surface area contributed by atoms with Crippen LogP contribution in [0.3, 0.4) is 0 Å². The van der Waals surface area contributed by atoms with Crippen LogP contribution in [0.25, 0.3) is 0 Å². The summed E-state index contributed by atoms with van der Waals surface area (Å²) in [5.41, 5.74) is 0. The van der Waals surface area contributed by atoms with Gasteiger partial charge >= 0.3 is 0 Å². The Hall–Kier alpha value is 1.31. The second-order valence-electron chi connectivity index (χ2n) is 0.673. The number of hydrogen-bond acceptors (Lipinski definition) is 2. The molecule has 0 bridgehead atoms. The quantitative estimate of drug-likeness (QED) is 0.448. The van der Waals surface area contributed by atoms with Crippen molar-refractivity contribution in [2.24, 2.45) is 0 Å². The largest absolute Gasteiger partial charge is 0.350 e. The minimum atomic E-state index is -2.20. The highest BCUT2D eigenvalue weighted by Crippen LogP contribution is 2.57. The van der Waals surface area contributed by atoms with Crippen LogP contribution in [0.2, 0.25) is 0 Å². The van der Waals surface area contributed by atoms with Crippen molar-refractivity contribution >= 4 is 40.1 Å². The molecule has 1 atom stereocenters. The molecule has 0 amide bonds. The summed E-state index contributed by atoms with van der Waals surface area (Å²) < 4.78 is -2.20. The molecule has 0 aromatic rings. The molecule has 0 radical (unpaired) electrons. The van der Waals surface area contributed by atoms with Crippen molar-refractivity contribution in [3.63, 3.8) is 0 Å². The molecular weight excluding hydrogens is 155 g/mol. The van der Waals surface area contributed by atoms with Crippen LogP contribution < -0.4 is 0 Å². The summed E-state index contributed by atoms with van der Waals surface area (Å²) >= 11 is 9.41. The van der Waals surface area contributed by atoms with Crippen molar-refractivity contribution in [1.29, 1.82) is 0 Å². The number of hydrogen-bond donors (Lipinski definition) is 2. The monoisotopic (exact) mass is 160 g/mol. The maximum Gasteiger partial charge on any atom is 0.168 e. The Kier molecular flexibility index (Phi) is 3.14. The van der Waals surface area contributed by atoms with E-state index in [0.29, 0.717) is 0 Å². The van der Waals surface area contributed by atoms with Gasteiger partial charge in [-0.2, -0.15) is 0 Å². The molecule has 1 N–H and O–H groups in total. The smallest absolute Gasteiger partial charge is 0.168 e. The van der Waals surface area contributed by atoms with Gasteiger partial charge < -0.3 is 4.89 Å². The number of thiol groups is 1. The summed E-state index contributed by atoms with van der Waals surface area (Å²) in [6.45, 7) is 0. The molecule has 0 spiro atoms. The van der Waals surface area contributed by atoms with E-state index >= 15 is 0 Å². The van der Waals surface area contributed by atoms with Gasteiger partial charge in [0.2, 0.25) is 0 Å². The summed E-state index contributed by atoms with van der Waals surface area (Å²) in [6.07, 6.45) is 1.74.